The predicted octanol–water partition coefficient (Wildman–Crippen LogP) is 4.53. The average molecular weight is 491 g/mol. The number of thiophene rings is 1. The molecule has 4 rings (SSSR count). The molecule has 2 heterocycles. The zero-order chi connectivity index (χ0) is 25.2. The molecule has 8 nitrogen and oxygen atoms in total. The van der Waals surface area contributed by atoms with Gasteiger partial charge in [-0.1, -0.05) is 44.2 Å². The van der Waals surface area contributed by atoms with E-state index >= 15 is 0 Å². The SMILES string of the molecule is CC(C)c1ccc(C2(C)NC(=O)N(CC(=O)Nc3ccc(NC(=O)c4cccs4)cc3)C2=O)cc1. The highest BCUT2D eigenvalue weighted by molar-refractivity contribution is 7.12. The van der Waals surface area contributed by atoms with Crippen molar-refractivity contribution in [3.63, 3.8) is 0 Å². The first-order chi connectivity index (χ1) is 16.7. The van der Waals surface area contributed by atoms with E-state index in [1.54, 1.807) is 43.3 Å². The van der Waals surface area contributed by atoms with Crippen LogP contribution in [0.15, 0.2) is 66.0 Å². The van der Waals surface area contributed by atoms with Crippen molar-refractivity contribution in [3.05, 3.63) is 82.0 Å². The molecule has 1 aromatic heterocycles. The number of amides is 5. The van der Waals surface area contributed by atoms with E-state index in [9.17, 15) is 19.2 Å². The van der Waals surface area contributed by atoms with Gasteiger partial charge in [0.1, 0.15) is 12.1 Å². The lowest BCUT2D eigenvalue weighted by molar-refractivity contribution is -0.133. The number of urea groups is 1. The van der Waals surface area contributed by atoms with Crippen LogP contribution in [0.25, 0.3) is 0 Å². The summed E-state index contributed by atoms with van der Waals surface area (Å²) < 4.78 is 0. The van der Waals surface area contributed by atoms with E-state index in [1.807, 2.05) is 29.6 Å². The molecule has 9 heteroatoms. The number of hydrogen-bond acceptors (Lipinski definition) is 5. The fourth-order valence-corrected chi connectivity index (χ4v) is 4.44. The summed E-state index contributed by atoms with van der Waals surface area (Å²) in [5.41, 5.74) is 1.60. The second-order valence-electron chi connectivity index (χ2n) is 8.78. The van der Waals surface area contributed by atoms with Crippen molar-refractivity contribution >= 4 is 46.5 Å². The first-order valence-electron chi connectivity index (χ1n) is 11.2. The van der Waals surface area contributed by atoms with Gasteiger partial charge in [0, 0.05) is 11.4 Å². The molecule has 0 spiro atoms. The molecule has 1 fully saturated rings. The third-order valence-electron chi connectivity index (χ3n) is 5.90. The Balaban J connectivity index is 1.37. The van der Waals surface area contributed by atoms with Crippen LogP contribution in [0.1, 0.15) is 47.5 Å². The van der Waals surface area contributed by atoms with Gasteiger partial charge in [-0.25, -0.2) is 4.79 Å². The van der Waals surface area contributed by atoms with E-state index in [0.717, 1.165) is 10.5 Å². The molecule has 1 unspecified atom stereocenters. The Hall–Kier alpha value is -3.98. The number of carbonyl (C=O) groups is 4. The third-order valence-corrected chi connectivity index (χ3v) is 6.77. The number of benzene rings is 2. The van der Waals surface area contributed by atoms with Crippen LogP contribution in [0.5, 0.6) is 0 Å². The van der Waals surface area contributed by atoms with Crippen molar-refractivity contribution < 1.29 is 19.2 Å². The number of anilines is 2. The van der Waals surface area contributed by atoms with Crippen molar-refractivity contribution in [2.75, 3.05) is 17.2 Å². The van der Waals surface area contributed by atoms with Gasteiger partial charge in [-0.3, -0.25) is 19.3 Å². The maximum Gasteiger partial charge on any atom is 0.325 e. The van der Waals surface area contributed by atoms with Crippen molar-refractivity contribution in [1.29, 1.82) is 0 Å². The Labute approximate surface area is 207 Å². The Morgan fingerprint density at radius 3 is 2.17 bits per heavy atom. The van der Waals surface area contributed by atoms with E-state index in [2.05, 4.69) is 29.8 Å². The predicted molar refractivity (Wildman–Crippen MR) is 135 cm³/mol. The highest BCUT2D eigenvalue weighted by Gasteiger charge is 2.49. The van der Waals surface area contributed by atoms with Gasteiger partial charge < -0.3 is 16.0 Å². The fourth-order valence-electron chi connectivity index (χ4n) is 3.82. The highest BCUT2D eigenvalue weighted by atomic mass is 32.1. The number of rotatable bonds is 7. The molecule has 2 aromatic carbocycles. The monoisotopic (exact) mass is 490 g/mol. The van der Waals surface area contributed by atoms with Crippen LogP contribution in [0.2, 0.25) is 0 Å². The van der Waals surface area contributed by atoms with Gasteiger partial charge in [0.25, 0.3) is 11.8 Å². The van der Waals surface area contributed by atoms with Crippen molar-refractivity contribution in [1.82, 2.24) is 10.2 Å². The van der Waals surface area contributed by atoms with Crippen LogP contribution in [0.3, 0.4) is 0 Å². The Morgan fingerprint density at radius 1 is 0.971 bits per heavy atom. The van der Waals surface area contributed by atoms with Crippen molar-refractivity contribution in [2.45, 2.75) is 32.2 Å². The fraction of sp³-hybridized carbons (Fsp3) is 0.231. The summed E-state index contributed by atoms with van der Waals surface area (Å²) in [5.74, 6) is -0.862. The number of nitrogens with one attached hydrogen (secondary N) is 3. The average Bonchev–Trinajstić information content (AvgIpc) is 3.45. The second-order valence-corrected chi connectivity index (χ2v) is 9.73. The first kappa shape index (κ1) is 24.2. The molecule has 3 N–H and O–H groups in total. The van der Waals surface area contributed by atoms with Crippen molar-refractivity contribution in [2.24, 2.45) is 0 Å². The van der Waals surface area contributed by atoms with E-state index in [0.29, 0.717) is 27.7 Å². The number of carbonyl (C=O) groups excluding carboxylic acids is 4. The topological polar surface area (TPSA) is 108 Å². The molecule has 1 aliphatic rings. The molecule has 180 valence electrons. The summed E-state index contributed by atoms with van der Waals surface area (Å²) in [5, 5.41) is 10.0. The maximum absolute atomic E-state index is 13.1. The van der Waals surface area contributed by atoms with Crippen LogP contribution in [0.4, 0.5) is 16.2 Å². The zero-order valence-electron chi connectivity index (χ0n) is 19.6. The standard InChI is InChI=1S/C26H26N4O4S/c1-16(2)17-6-8-18(9-7-17)26(3)24(33)30(25(34)29-26)15-22(31)27-19-10-12-20(13-11-19)28-23(32)21-5-4-14-35-21/h4-14,16H,15H2,1-3H3,(H,27,31)(H,28,32)(H,29,34). The molecule has 0 bridgehead atoms. The summed E-state index contributed by atoms with van der Waals surface area (Å²) in [6, 6.07) is 17.0. The highest BCUT2D eigenvalue weighted by Crippen LogP contribution is 2.30. The quantitative estimate of drug-likeness (QED) is 0.423. The largest absolute Gasteiger partial charge is 0.325 e. The number of nitrogens with zero attached hydrogens (tertiary/aromatic N) is 1. The summed E-state index contributed by atoms with van der Waals surface area (Å²) in [6.45, 7) is 5.38. The van der Waals surface area contributed by atoms with Crippen LogP contribution in [-0.2, 0) is 15.1 Å². The molecular weight excluding hydrogens is 464 g/mol. The molecule has 1 saturated heterocycles. The lowest BCUT2D eigenvalue weighted by atomic mass is 9.90. The lowest BCUT2D eigenvalue weighted by Gasteiger charge is -2.22. The number of imide groups is 1. The van der Waals surface area contributed by atoms with Crippen LogP contribution >= 0.6 is 11.3 Å². The summed E-state index contributed by atoms with van der Waals surface area (Å²) in [4.78, 5) is 51.9. The first-order valence-corrected chi connectivity index (χ1v) is 12.0. The van der Waals surface area contributed by atoms with E-state index in [4.69, 9.17) is 0 Å². The normalized spacial score (nSPS) is 17.4. The second kappa shape index (κ2) is 9.71. The summed E-state index contributed by atoms with van der Waals surface area (Å²) in [7, 11) is 0. The molecule has 0 aliphatic carbocycles. The van der Waals surface area contributed by atoms with Gasteiger partial charge in [0.05, 0.1) is 4.88 Å². The van der Waals surface area contributed by atoms with Crippen molar-refractivity contribution in [3.8, 4) is 0 Å². The summed E-state index contributed by atoms with van der Waals surface area (Å²) >= 11 is 1.34. The van der Waals surface area contributed by atoms with Gasteiger partial charge in [0.2, 0.25) is 5.91 Å². The van der Waals surface area contributed by atoms with Gasteiger partial charge in [-0.05, 0) is 59.7 Å². The lowest BCUT2D eigenvalue weighted by Crippen LogP contribution is -2.42. The molecule has 3 aromatic rings. The summed E-state index contributed by atoms with van der Waals surface area (Å²) in [6.07, 6.45) is 0. The zero-order valence-corrected chi connectivity index (χ0v) is 20.4. The molecule has 1 aliphatic heterocycles. The Kier molecular flexibility index (Phi) is 6.70. The smallest absolute Gasteiger partial charge is 0.325 e. The molecule has 0 radical (unpaired) electrons. The molecule has 35 heavy (non-hydrogen) atoms. The minimum Gasteiger partial charge on any atom is -0.325 e. The van der Waals surface area contributed by atoms with Crippen LogP contribution in [0, 0.1) is 0 Å². The minimum absolute atomic E-state index is 0.211. The van der Waals surface area contributed by atoms with Gasteiger partial charge in [-0.15, -0.1) is 11.3 Å². The molecule has 5 amide bonds. The Morgan fingerprint density at radius 2 is 1.60 bits per heavy atom. The third kappa shape index (κ3) is 5.09. The molecule has 0 saturated carbocycles. The maximum atomic E-state index is 13.1. The minimum atomic E-state index is -1.24. The van der Waals surface area contributed by atoms with Gasteiger partial charge in [0.15, 0.2) is 0 Å². The van der Waals surface area contributed by atoms with Crippen LogP contribution in [-0.4, -0.2) is 35.2 Å². The molecule has 1 atom stereocenters. The Bertz CT molecular complexity index is 1250. The van der Waals surface area contributed by atoms with E-state index in [1.165, 1.54) is 11.3 Å². The van der Waals surface area contributed by atoms with Gasteiger partial charge >= 0.3 is 6.03 Å². The van der Waals surface area contributed by atoms with E-state index < -0.39 is 29.9 Å². The van der Waals surface area contributed by atoms with Crippen LogP contribution < -0.4 is 16.0 Å². The number of hydrogen-bond donors (Lipinski definition) is 3. The van der Waals surface area contributed by atoms with E-state index in [-0.39, 0.29) is 5.91 Å². The van der Waals surface area contributed by atoms with Gasteiger partial charge in [-0.2, -0.15) is 0 Å². The molecular formula is C26H26N4O4S.